The topological polar surface area (TPSA) is 38.8 Å². The molecule has 1 fully saturated rings. The number of hydrogen-bond donors (Lipinski definition) is 0. The number of thioether (sulfide) groups is 2. The molecule has 27 heavy (non-hydrogen) atoms. The molecule has 0 atom stereocenters. The summed E-state index contributed by atoms with van der Waals surface area (Å²) in [4.78, 5) is 14.5. The van der Waals surface area contributed by atoms with Crippen LogP contribution in [0, 0.1) is 0 Å². The van der Waals surface area contributed by atoms with Crippen molar-refractivity contribution < 1.29 is 14.3 Å². The van der Waals surface area contributed by atoms with Crippen molar-refractivity contribution in [1.82, 2.24) is 4.90 Å². The molecular formula is C21H25NO3S2. The molecular weight excluding hydrogens is 378 g/mol. The molecule has 3 aliphatic rings. The molecule has 6 heteroatoms. The largest absolute Gasteiger partial charge is 0.493 e. The number of benzene rings is 1. The third kappa shape index (κ3) is 3.74. The summed E-state index contributed by atoms with van der Waals surface area (Å²) in [7, 11) is 3.28. The molecule has 2 aliphatic heterocycles. The average Bonchev–Trinajstić information content (AvgIpc) is 3.00. The highest BCUT2D eigenvalue weighted by Crippen LogP contribution is 2.53. The lowest BCUT2D eigenvalue weighted by Crippen LogP contribution is -2.32. The van der Waals surface area contributed by atoms with Crippen LogP contribution in [0.3, 0.4) is 0 Å². The summed E-state index contributed by atoms with van der Waals surface area (Å²) in [6.07, 6.45) is 8.29. The molecule has 4 nitrogen and oxygen atoms in total. The number of carbonyl (C=O) groups is 1. The highest BCUT2D eigenvalue weighted by Gasteiger charge is 2.41. The number of hydrogen-bond acceptors (Lipinski definition) is 5. The Labute approximate surface area is 169 Å². The summed E-state index contributed by atoms with van der Waals surface area (Å²) < 4.78 is 10.9. The van der Waals surface area contributed by atoms with Crippen LogP contribution in [0.25, 0.3) is 0 Å². The van der Waals surface area contributed by atoms with Gasteiger partial charge in [0.2, 0.25) is 0 Å². The van der Waals surface area contributed by atoms with E-state index >= 15 is 0 Å². The zero-order chi connectivity index (χ0) is 18.9. The lowest BCUT2D eigenvalue weighted by atomic mass is 9.98. The second-order valence-corrected chi connectivity index (χ2v) is 10.2. The summed E-state index contributed by atoms with van der Waals surface area (Å²) in [5, 5.41) is 0. The van der Waals surface area contributed by atoms with Crippen LogP contribution in [0.2, 0.25) is 0 Å². The Morgan fingerprint density at radius 1 is 1.15 bits per heavy atom. The smallest absolute Gasteiger partial charge is 0.251 e. The SMILES string of the molecule is COc1ccc(CCN2C(=O)C=C3CC4(CC=C32)SCCCS4)cc1OC. The van der Waals surface area contributed by atoms with Crippen LogP contribution >= 0.6 is 23.5 Å². The summed E-state index contributed by atoms with van der Waals surface area (Å²) >= 11 is 4.16. The van der Waals surface area contributed by atoms with Gasteiger partial charge in [0, 0.05) is 18.3 Å². The Morgan fingerprint density at radius 3 is 2.67 bits per heavy atom. The first kappa shape index (κ1) is 18.8. The van der Waals surface area contributed by atoms with Gasteiger partial charge >= 0.3 is 0 Å². The molecule has 4 rings (SSSR count). The monoisotopic (exact) mass is 403 g/mol. The minimum absolute atomic E-state index is 0.125. The fraction of sp³-hybridized carbons (Fsp3) is 0.476. The van der Waals surface area contributed by atoms with E-state index in [4.69, 9.17) is 9.47 Å². The van der Waals surface area contributed by atoms with E-state index in [0.29, 0.717) is 6.54 Å². The Kier molecular flexibility index (Phi) is 5.46. The van der Waals surface area contributed by atoms with Crippen molar-refractivity contribution in [3.05, 3.63) is 47.2 Å². The van der Waals surface area contributed by atoms with E-state index in [9.17, 15) is 4.79 Å². The van der Waals surface area contributed by atoms with Gasteiger partial charge in [0.05, 0.1) is 18.3 Å². The zero-order valence-electron chi connectivity index (χ0n) is 15.8. The number of allylic oxidation sites excluding steroid dienone is 2. The predicted octanol–water partition coefficient (Wildman–Crippen LogP) is 4.26. The summed E-state index contributed by atoms with van der Waals surface area (Å²) in [5.41, 5.74) is 3.50. The normalized spacial score (nSPS) is 21.0. The molecule has 144 valence electrons. The molecule has 1 aliphatic carbocycles. The predicted molar refractivity (Wildman–Crippen MR) is 113 cm³/mol. The van der Waals surface area contributed by atoms with Crippen LogP contribution in [0.5, 0.6) is 11.5 Å². The van der Waals surface area contributed by atoms with E-state index in [0.717, 1.165) is 42.0 Å². The number of fused-ring (bicyclic) bond motifs is 1. The number of methoxy groups -OCH3 is 2. The van der Waals surface area contributed by atoms with E-state index < -0.39 is 0 Å². The molecule has 1 amide bonds. The fourth-order valence-corrected chi connectivity index (χ4v) is 7.19. The highest BCUT2D eigenvalue weighted by atomic mass is 32.2. The van der Waals surface area contributed by atoms with Gasteiger partial charge in [-0.3, -0.25) is 4.79 Å². The Morgan fingerprint density at radius 2 is 1.93 bits per heavy atom. The van der Waals surface area contributed by atoms with Crippen LogP contribution < -0.4 is 9.47 Å². The Hall–Kier alpha value is -1.53. The van der Waals surface area contributed by atoms with Crippen molar-refractivity contribution in [3.63, 3.8) is 0 Å². The lowest BCUT2D eigenvalue weighted by Gasteiger charge is -2.39. The van der Waals surface area contributed by atoms with Crippen LogP contribution in [0.1, 0.15) is 24.8 Å². The lowest BCUT2D eigenvalue weighted by molar-refractivity contribution is -0.123. The number of rotatable bonds is 5. The van der Waals surface area contributed by atoms with Gasteiger partial charge < -0.3 is 14.4 Å². The number of ether oxygens (including phenoxy) is 2. The first-order chi connectivity index (χ1) is 13.1. The van der Waals surface area contributed by atoms with E-state index in [-0.39, 0.29) is 9.99 Å². The molecule has 1 spiro atoms. The van der Waals surface area contributed by atoms with Gasteiger partial charge in [0.25, 0.3) is 5.91 Å². The third-order valence-corrected chi connectivity index (χ3v) is 8.71. The van der Waals surface area contributed by atoms with Gasteiger partial charge in [0.15, 0.2) is 11.5 Å². The second kappa shape index (κ2) is 7.84. The Bertz CT molecular complexity index is 797. The van der Waals surface area contributed by atoms with E-state index in [2.05, 4.69) is 29.6 Å². The van der Waals surface area contributed by atoms with E-state index in [1.54, 1.807) is 14.2 Å². The van der Waals surface area contributed by atoms with Gasteiger partial charge in [-0.2, -0.15) is 0 Å². The highest BCUT2D eigenvalue weighted by molar-refractivity contribution is 8.18. The molecule has 0 aromatic heterocycles. The minimum atomic E-state index is 0.125. The van der Waals surface area contributed by atoms with Gasteiger partial charge in [0.1, 0.15) is 0 Å². The molecule has 0 N–H and O–H groups in total. The molecule has 0 unspecified atom stereocenters. The van der Waals surface area contributed by atoms with Gasteiger partial charge in [-0.15, -0.1) is 23.5 Å². The van der Waals surface area contributed by atoms with Crippen molar-refractivity contribution in [2.45, 2.75) is 29.8 Å². The minimum Gasteiger partial charge on any atom is -0.493 e. The van der Waals surface area contributed by atoms with Gasteiger partial charge in [-0.25, -0.2) is 0 Å². The van der Waals surface area contributed by atoms with E-state index in [1.807, 2.05) is 29.2 Å². The maximum atomic E-state index is 12.6. The van der Waals surface area contributed by atoms with Crippen LogP contribution in [0.4, 0.5) is 0 Å². The average molecular weight is 404 g/mol. The van der Waals surface area contributed by atoms with Crippen molar-refractivity contribution in [1.29, 1.82) is 0 Å². The van der Waals surface area contributed by atoms with E-state index in [1.165, 1.54) is 23.5 Å². The summed E-state index contributed by atoms with van der Waals surface area (Å²) in [6, 6.07) is 5.95. The van der Waals surface area contributed by atoms with Crippen LogP contribution in [0.15, 0.2) is 41.6 Å². The molecule has 1 aromatic rings. The maximum Gasteiger partial charge on any atom is 0.251 e. The summed E-state index contributed by atoms with van der Waals surface area (Å²) in [5.74, 6) is 4.05. The first-order valence-corrected chi connectivity index (χ1v) is 11.3. The standard InChI is InChI=1S/C21H25NO3S2/c1-24-18-5-4-15(12-19(18)25-2)7-9-22-17-6-8-21(26-10-3-11-27-21)14-16(17)13-20(22)23/h4-6,12-13H,3,7-11,14H2,1-2H3. The molecule has 1 saturated heterocycles. The molecule has 0 radical (unpaired) electrons. The van der Waals surface area contributed by atoms with Crippen molar-refractivity contribution in [2.24, 2.45) is 0 Å². The quantitative estimate of drug-likeness (QED) is 0.735. The van der Waals surface area contributed by atoms with Crippen molar-refractivity contribution in [2.75, 3.05) is 32.3 Å². The first-order valence-electron chi connectivity index (χ1n) is 9.35. The maximum absolute atomic E-state index is 12.6. The van der Waals surface area contributed by atoms with Gasteiger partial charge in [-0.05, 0) is 60.5 Å². The summed E-state index contributed by atoms with van der Waals surface area (Å²) in [6.45, 7) is 0.688. The number of nitrogens with zero attached hydrogens (tertiary/aromatic N) is 1. The number of amides is 1. The van der Waals surface area contributed by atoms with Crippen LogP contribution in [-0.4, -0.2) is 47.2 Å². The number of carbonyl (C=O) groups excluding carboxylic acids is 1. The van der Waals surface area contributed by atoms with Crippen LogP contribution in [-0.2, 0) is 11.2 Å². The zero-order valence-corrected chi connectivity index (χ0v) is 17.5. The van der Waals surface area contributed by atoms with Gasteiger partial charge in [-0.1, -0.05) is 12.1 Å². The van der Waals surface area contributed by atoms with Crippen molar-refractivity contribution in [3.8, 4) is 11.5 Å². The fourth-order valence-electron chi connectivity index (χ4n) is 3.93. The molecule has 0 saturated carbocycles. The second-order valence-electron chi connectivity index (χ2n) is 7.03. The van der Waals surface area contributed by atoms with Crippen molar-refractivity contribution >= 4 is 29.4 Å². The molecule has 0 bridgehead atoms. The molecule has 1 aromatic carbocycles. The molecule has 2 heterocycles. The Balaban J connectivity index is 1.45. The third-order valence-electron chi connectivity index (χ3n) is 5.34.